The molecule has 3 aromatic rings. The number of aromatic amines is 1. The van der Waals surface area contributed by atoms with Crippen LogP contribution in [0.5, 0.6) is 0 Å². The zero-order valence-electron chi connectivity index (χ0n) is 19.1. The molecule has 0 aliphatic rings. The number of hydrogen-bond donors (Lipinski definition) is 2. The number of aromatic nitrogens is 3. The van der Waals surface area contributed by atoms with E-state index in [1.807, 2.05) is 35.2 Å². The number of halogens is 1. The van der Waals surface area contributed by atoms with Crippen LogP contribution in [0, 0.1) is 5.82 Å². The van der Waals surface area contributed by atoms with E-state index in [1.165, 1.54) is 12.1 Å². The zero-order valence-corrected chi connectivity index (χ0v) is 19.1. The van der Waals surface area contributed by atoms with Gasteiger partial charge in [-0.2, -0.15) is 0 Å². The molecule has 6 nitrogen and oxygen atoms in total. The Morgan fingerprint density at radius 2 is 1.91 bits per heavy atom. The van der Waals surface area contributed by atoms with Gasteiger partial charge >= 0.3 is 0 Å². The van der Waals surface area contributed by atoms with Gasteiger partial charge in [0.25, 0.3) is 0 Å². The first-order valence-electron chi connectivity index (χ1n) is 11.8. The molecular formula is C26H34FN5O. The Labute approximate surface area is 195 Å². The average Bonchev–Trinajstić information content (AvgIpc) is 3.36. The fourth-order valence-electron chi connectivity index (χ4n) is 4.04. The monoisotopic (exact) mass is 451 g/mol. The van der Waals surface area contributed by atoms with Gasteiger partial charge < -0.3 is 15.6 Å². The van der Waals surface area contributed by atoms with Gasteiger partial charge in [-0.15, -0.1) is 0 Å². The Morgan fingerprint density at radius 1 is 1.06 bits per heavy atom. The minimum absolute atomic E-state index is 0.0564. The van der Waals surface area contributed by atoms with E-state index in [2.05, 4.69) is 15.0 Å². The first-order valence-corrected chi connectivity index (χ1v) is 11.8. The van der Waals surface area contributed by atoms with Crippen molar-refractivity contribution in [3.63, 3.8) is 0 Å². The molecule has 176 valence electrons. The third-order valence-corrected chi connectivity index (χ3v) is 5.89. The van der Waals surface area contributed by atoms with Crippen molar-refractivity contribution < 1.29 is 9.18 Å². The van der Waals surface area contributed by atoms with Gasteiger partial charge in [0.2, 0.25) is 5.91 Å². The number of nitrogens with one attached hydrogen (secondary N) is 1. The highest BCUT2D eigenvalue weighted by Crippen LogP contribution is 2.28. The second-order valence-corrected chi connectivity index (χ2v) is 8.31. The van der Waals surface area contributed by atoms with Crippen molar-refractivity contribution in [1.29, 1.82) is 0 Å². The van der Waals surface area contributed by atoms with E-state index in [4.69, 9.17) is 5.73 Å². The van der Waals surface area contributed by atoms with E-state index in [1.54, 1.807) is 18.7 Å². The Kier molecular flexibility index (Phi) is 10.0. The number of hydrogen-bond acceptors (Lipinski definition) is 4. The molecule has 0 spiro atoms. The summed E-state index contributed by atoms with van der Waals surface area (Å²) >= 11 is 0. The summed E-state index contributed by atoms with van der Waals surface area (Å²) in [6.07, 6.45) is 11.0. The smallest absolute Gasteiger partial charge is 0.222 e. The number of nitrogens with two attached hydrogens (primary N) is 1. The predicted octanol–water partition coefficient (Wildman–Crippen LogP) is 4.45. The maximum absolute atomic E-state index is 13.5. The van der Waals surface area contributed by atoms with Crippen LogP contribution in [-0.4, -0.2) is 45.4 Å². The molecule has 1 unspecified atom stereocenters. The van der Waals surface area contributed by atoms with Gasteiger partial charge in [-0.25, -0.2) is 9.37 Å². The Balaban J connectivity index is 1.63. The van der Waals surface area contributed by atoms with E-state index in [0.29, 0.717) is 26.1 Å². The molecule has 33 heavy (non-hydrogen) atoms. The molecule has 1 aromatic carbocycles. The molecule has 0 bridgehead atoms. The highest BCUT2D eigenvalue weighted by Gasteiger charge is 2.18. The quantitative estimate of drug-likeness (QED) is 0.355. The Hall–Kier alpha value is -3.06. The highest BCUT2D eigenvalue weighted by atomic mass is 19.1. The average molecular weight is 452 g/mol. The number of H-pyrrole nitrogens is 1. The van der Waals surface area contributed by atoms with Crippen LogP contribution >= 0.6 is 0 Å². The van der Waals surface area contributed by atoms with Crippen molar-refractivity contribution >= 4 is 5.91 Å². The fraction of sp³-hybridized carbons (Fsp3) is 0.423. The molecule has 0 saturated carbocycles. The summed E-state index contributed by atoms with van der Waals surface area (Å²) in [5.41, 5.74) is 8.59. The van der Waals surface area contributed by atoms with Crippen LogP contribution in [-0.2, 0) is 11.2 Å². The minimum Gasteiger partial charge on any atom is -0.348 e. The second-order valence-electron chi connectivity index (χ2n) is 8.31. The summed E-state index contributed by atoms with van der Waals surface area (Å²) in [6, 6.07) is 12.5. The van der Waals surface area contributed by atoms with E-state index < -0.39 is 0 Å². The van der Waals surface area contributed by atoms with E-state index in [-0.39, 0.29) is 17.6 Å². The first-order chi connectivity index (χ1) is 16.2. The fourth-order valence-corrected chi connectivity index (χ4v) is 4.04. The van der Waals surface area contributed by atoms with Gasteiger partial charge in [-0.1, -0.05) is 24.6 Å². The van der Waals surface area contributed by atoms with Crippen LogP contribution in [0.1, 0.15) is 61.4 Å². The number of carbonyl (C=O) groups is 1. The molecular weight excluding hydrogens is 417 g/mol. The van der Waals surface area contributed by atoms with E-state index in [0.717, 1.165) is 55.5 Å². The number of amides is 1. The summed E-state index contributed by atoms with van der Waals surface area (Å²) in [4.78, 5) is 26.6. The van der Waals surface area contributed by atoms with Crippen LogP contribution in [0.15, 0.2) is 61.2 Å². The minimum atomic E-state index is -0.247. The van der Waals surface area contributed by atoms with Crippen molar-refractivity contribution in [2.24, 2.45) is 5.73 Å². The van der Waals surface area contributed by atoms with Gasteiger partial charge in [0.15, 0.2) is 0 Å². The molecule has 0 radical (unpaired) electrons. The lowest BCUT2D eigenvalue weighted by Crippen LogP contribution is -2.34. The largest absolute Gasteiger partial charge is 0.348 e. The standard InChI is InChI=1S/C26H34FN5O/c27-22-12-10-21(11-13-22)24(25-8-3-5-16-30-25)7-6-17-32(18-14-23-19-29-20-31-23)26(33)9-2-1-4-15-28/h3,5,8,10-13,16,19-20,24H,1-2,4,6-7,9,14-15,17-18,28H2,(H,29,31). The van der Waals surface area contributed by atoms with E-state index in [9.17, 15) is 9.18 Å². The van der Waals surface area contributed by atoms with Gasteiger partial charge in [0.05, 0.1) is 6.33 Å². The summed E-state index contributed by atoms with van der Waals surface area (Å²) in [6.45, 7) is 1.99. The van der Waals surface area contributed by atoms with Crippen LogP contribution < -0.4 is 5.73 Å². The topological polar surface area (TPSA) is 87.9 Å². The van der Waals surface area contributed by atoms with Crippen molar-refractivity contribution in [2.75, 3.05) is 19.6 Å². The molecule has 7 heteroatoms. The number of benzene rings is 1. The summed E-state index contributed by atoms with van der Waals surface area (Å²) in [7, 11) is 0. The summed E-state index contributed by atoms with van der Waals surface area (Å²) < 4.78 is 13.5. The molecule has 2 aromatic heterocycles. The van der Waals surface area contributed by atoms with Gasteiger partial charge in [0, 0.05) is 55.6 Å². The molecule has 2 heterocycles. The van der Waals surface area contributed by atoms with Crippen LogP contribution in [0.2, 0.25) is 0 Å². The van der Waals surface area contributed by atoms with E-state index >= 15 is 0 Å². The molecule has 0 aliphatic carbocycles. The van der Waals surface area contributed by atoms with Gasteiger partial charge in [-0.3, -0.25) is 9.78 Å². The molecule has 1 atom stereocenters. The van der Waals surface area contributed by atoms with Crippen LogP contribution in [0.25, 0.3) is 0 Å². The molecule has 0 saturated heterocycles. The number of rotatable bonds is 14. The number of pyridine rings is 1. The first kappa shape index (κ1) is 24.6. The van der Waals surface area contributed by atoms with Gasteiger partial charge in [0.1, 0.15) is 5.82 Å². The lowest BCUT2D eigenvalue weighted by atomic mass is 9.90. The molecule has 1 amide bonds. The number of carbonyl (C=O) groups excluding carboxylic acids is 1. The van der Waals surface area contributed by atoms with Crippen LogP contribution in [0.4, 0.5) is 4.39 Å². The SMILES string of the molecule is NCCCCCC(=O)N(CCCC(c1ccc(F)cc1)c1ccccn1)CCc1cnc[nH]1. The Morgan fingerprint density at radius 3 is 2.61 bits per heavy atom. The lowest BCUT2D eigenvalue weighted by Gasteiger charge is -2.24. The third-order valence-electron chi connectivity index (χ3n) is 5.89. The molecule has 3 rings (SSSR count). The molecule has 3 N–H and O–H groups in total. The molecule has 0 aliphatic heterocycles. The van der Waals surface area contributed by atoms with Crippen molar-refractivity contribution in [3.8, 4) is 0 Å². The molecule has 0 fully saturated rings. The maximum Gasteiger partial charge on any atom is 0.222 e. The zero-order chi connectivity index (χ0) is 23.3. The lowest BCUT2D eigenvalue weighted by molar-refractivity contribution is -0.131. The number of nitrogens with zero attached hydrogens (tertiary/aromatic N) is 3. The number of unbranched alkanes of at least 4 members (excludes halogenated alkanes) is 2. The normalized spacial score (nSPS) is 11.9. The van der Waals surface area contributed by atoms with Crippen molar-refractivity contribution in [1.82, 2.24) is 19.9 Å². The summed E-state index contributed by atoms with van der Waals surface area (Å²) in [5, 5.41) is 0. The maximum atomic E-state index is 13.5. The van der Waals surface area contributed by atoms with Crippen LogP contribution in [0.3, 0.4) is 0 Å². The Bertz CT molecular complexity index is 931. The predicted molar refractivity (Wildman–Crippen MR) is 128 cm³/mol. The second kappa shape index (κ2) is 13.5. The van der Waals surface area contributed by atoms with Gasteiger partial charge in [-0.05, 0) is 62.1 Å². The third kappa shape index (κ3) is 8.09. The number of imidazole rings is 1. The van der Waals surface area contributed by atoms with Crippen molar-refractivity contribution in [2.45, 2.75) is 50.9 Å². The van der Waals surface area contributed by atoms with Crippen molar-refractivity contribution in [3.05, 3.63) is 84.0 Å². The highest BCUT2D eigenvalue weighted by molar-refractivity contribution is 5.76. The summed E-state index contributed by atoms with van der Waals surface area (Å²) in [5.74, 6) is -0.00708.